The molecule has 1 heterocycles. The molecule has 2 N–H and O–H groups in total. The van der Waals surface area contributed by atoms with Crippen molar-refractivity contribution in [2.24, 2.45) is 0 Å². The molecule has 0 saturated heterocycles. The van der Waals surface area contributed by atoms with E-state index in [9.17, 15) is 9.18 Å². The average Bonchev–Trinajstić information content (AvgIpc) is 2.78. The van der Waals surface area contributed by atoms with Crippen molar-refractivity contribution in [2.75, 3.05) is 11.9 Å². The number of benzene rings is 1. The van der Waals surface area contributed by atoms with Gasteiger partial charge in [-0.1, -0.05) is 18.2 Å². The molecule has 100 valence electrons. The van der Waals surface area contributed by atoms with Gasteiger partial charge in [-0.25, -0.2) is 9.37 Å². The summed E-state index contributed by atoms with van der Waals surface area (Å²) in [5, 5.41) is 14.1. The molecular formula is C13H13FN2O2S. The Balaban J connectivity index is 1.84. The number of carboxylic acid groups (broad SMARTS) is 1. The minimum atomic E-state index is -0.900. The SMILES string of the molecule is O=C(O)Cc1csc(NCCc2ccccc2F)n1. The lowest BCUT2D eigenvalue weighted by Gasteiger charge is -2.03. The summed E-state index contributed by atoms with van der Waals surface area (Å²) in [6, 6.07) is 6.64. The molecule has 0 aliphatic carbocycles. The van der Waals surface area contributed by atoms with Crippen molar-refractivity contribution in [3.63, 3.8) is 0 Å². The van der Waals surface area contributed by atoms with Gasteiger partial charge in [0, 0.05) is 11.9 Å². The van der Waals surface area contributed by atoms with E-state index in [0.717, 1.165) is 0 Å². The molecule has 4 nitrogen and oxygen atoms in total. The minimum Gasteiger partial charge on any atom is -0.481 e. The Hall–Kier alpha value is -1.95. The predicted octanol–water partition coefficient (Wildman–Crippen LogP) is 2.56. The van der Waals surface area contributed by atoms with Gasteiger partial charge in [-0.15, -0.1) is 11.3 Å². The number of rotatable bonds is 6. The van der Waals surface area contributed by atoms with Crippen LogP contribution in [0.2, 0.25) is 0 Å². The summed E-state index contributed by atoms with van der Waals surface area (Å²) in [5.74, 6) is -1.11. The maximum atomic E-state index is 13.4. The number of halogens is 1. The number of thiazole rings is 1. The zero-order valence-corrected chi connectivity index (χ0v) is 10.9. The monoisotopic (exact) mass is 280 g/mol. The molecule has 0 atom stereocenters. The minimum absolute atomic E-state index is 0.0779. The van der Waals surface area contributed by atoms with Crippen LogP contribution < -0.4 is 5.32 Å². The van der Waals surface area contributed by atoms with E-state index < -0.39 is 5.97 Å². The van der Waals surface area contributed by atoms with Gasteiger partial charge in [0.15, 0.2) is 5.13 Å². The lowest BCUT2D eigenvalue weighted by atomic mass is 10.1. The van der Waals surface area contributed by atoms with Crippen molar-refractivity contribution in [1.82, 2.24) is 4.98 Å². The van der Waals surface area contributed by atoms with E-state index in [1.165, 1.54) is 17.4 Å². The maximum absolute atomic E-state index is 13.4. The van der Waals surface area contributed by atoms with E-state index in [1.807, 2.05) is 0 Å². The molecule has 6 heteroatoms. The van der Waals surface area contributed by atoms with Gasteiger partial charge >= 0.3 is 5.97 Å². The highest BCUT2D eigenvalue weighted by Gasteiger charge is 2.06. The molecule has 0 aliphatic heterocycles. The van der Waals surface area contributed by atoms with Gasteiger partial charge in [-0.2, -0.15) is 0 Å². The summed E-state index contributed by atoms with van der Waals surface area (Å²) in [6.07, 6.45) is 0.478. The Morgan fingerprint density at radius 1 is 1.42 bits per heavy atom. The first-order valence-corrected chi connectivity index (χ1v) is 6.66. The number of anilines is 1. The standard InChI is InChI=1S/C13H13FN2O2S/c14-11-4-2-1-3-9(11)5-6-15-13-16-10(8-19-13)7-12(17)18/h1-4,8H,5-7H2,(H,15,16)(H,17,18). The van der Waals surface area contributed by atoms with E-state index in [1.54, 1.807) is 23.6 Å². The van der Waals surface area contributed by atoms with Gasteiger partial charge in [-0.3, -0.25) is 4.79 Å². The van der Waals surface area contributed by atoms with Crippen LogP contribution in [0.3, 0.4) is 0 Å². The molecule has 0 unspecified atom stereocenters. The van der Waals surface area contributed by atoms with Gasteiger partial charge in [0.25, 0.3) is 0 Å². The van der Waals surface area contributed by atoms with Crippen LogP contribution in [0.25, 0.3) is 0 Å². The summed E-state index contributed by atoms with van der Waals surface area (Å²) in [6.45, 7) is 0.557. The van der Waals surface area contributed by atoms with Crippen molar-refractivity contribution in [2.45, 2.75) is 12.8 Å². The van der Waals surface area contributed by atoms with Gasteiger partial charge in [0.05, 0.1) is 12.1 Å². The highest BCUT2D eigenvalue weighted by Crippen LogP contribution is 2.16. The molecule has 0 bridgehead atoms. The Kier molecular flexibility index (Phi) is 4.46. The van der Waals surface area contributed by atoms with Crippen LogP contribution >= 0.6 is 11.3 Å². The van der Waals surface area contributed by atoms with Crippen LogP contribution in [-0.4, -0.2) is 22.6 Å². The third-order valence-corrected chi connectivity index (χ3v) is 3.36. The summed E-state index contributed by atoms with van der Waals surface area (Å²) in [4.78, 5) is 14.7. The van der Waals surface area contributed by atoms with Crippen LogP contribution in [0.4, 0.5) is 9.52 Å². The van der Waals surface area contributed by atoms with Crippen molar-refractivity contribution in [3.8, 4) is 0 Å². The van der Waals surface area contributed by atoms with E-state index in [-0.39, 0.29) is 12.2 Å². The Labute approximate surface area is 113 Å². The number of carboxylic acids is 1. The number of nitrogens with one attached hydrogen (secondary N) is 1. The average molecular weight is 280 g/mol. The molecule has 1 aromatic carbocycles. The Morgan fingerprint density at radius 2 is 2.21 bits per heavy atom. The van der Waals surface area contributed by atoms with Crippen molar-refractivity contribution < 1.29 is 14.3 Å². The number of carbonyl (C=O) groups is 1. The van der Waals surface area contributed by atoms with E-state index in [2.05, 4.69) is 10.3 Å². The molecule has 0 aliphatic rings. The zero-order chi connectivity index (χ0) is 13.7. The van der Waals surface area contributed by atoms with E-state index >= 15 is 0 Å². The molecule has 0 radical (unpaired) electrons. The van der Waals surface area contributed by atoms with Crippen LogP contribution in [0.1, 0.15) is 11.3 Å². The number of aliphatic carboxylic acids is 1. The second-order valence-electron chi connectivity index (χ2n) is 3.98. The molecular weight excluding hydrogens is 267 g/mol. The zero-order valence-electron chi connectivity index (χ0n) is 10.1. The number of nitrogens with zero attached hydrogens (tertiary/aromatic N) is 1. The van der Waals surface area contributed by atoms with E-state index in [4.69, 9.17) is 5.11 Å². The quantitative estimate of drug-likeness (QED) is 0.853. The third kappa shape index (κ3) is 4.03. The second-order valence-corrected chi connectivity index (χ2v) is 4.84. The van der Waals surface area contributed by atoms with Gasteiger partial charge in [-0.05, 0) is 18.1 Å². The molecule has 2 rings (SSSR count). The molecule has 0 fully saturated rings. The number of hydrogen-bond donors (Lipinski definition) is 2. The van der Waals surface area contributed by atoms with Crippen molar-refractivity contribution in [3.05, 3.63) is 46.7 Å². The molecule has 1 aromatic heterocycles. The predicted molar refractivity (Wildman–Crippen MR) is 72.0 cm³/mol. The Morgan fingerprint density at radius 3 is 2.95 bits per heavy atom. The first-order chi connectivity index (χ1) is 9.15. The number of hydrogen-bond acceptors (Lipinski definition) is 4. The molecule has 19 heavy (non-hydrogen) atoms. The highest BCUT2D eigenvalue weighted by atomic mass is 32.1. The molecule has 2 aromatic rings. The maximum Gasteiger partial charge on any atom is 0.309 e. The second kappa shape index (κ2) is 6.29. The fourth-order valence-corrected chi connectivity index (χ4v) is 2.37. The van der Waals surface area contributed by atoms with Crippen molar-refractivity contribution in [1.29, 1.82) is 0 Å². The van der Waals surface area contributed by atoms with Crippen LogP contribution in [0.15, 0.2) is 29.6 Å². The fraction of sp³-hybridized carbons (Fsp3) is 0.231. The summed E-state index contributed by atoms with van der Waals surface area (Å²) < 4.78 is 13.4. The smallest absolute Gasteiger partial charge is 0.309 e. The van der Waals surface area contributed by atoms with Crippen LogP contribution in [-0.2, 0) is 17.6 Å². The fourth-order valence-electron chi connectivity index (χ4n) is 1.63. The highest BCUT2D eigenvalue weighted by molar-refractivity contribution is 7.13. The first-order valence-electron chi connectivity index (χ1n) is 5.78. The van der Waals surface area contributed by atoms with Crippen LogP contribution in [0, 0.1) is 5.82 Å². The van der Waals surface area contributed by atoms with Gasteiger partial charge < -0.3 is 10.4 Å². The van der Waals surface area contributed by atoms with Gasteiger partial charge in [0.2, 0.25) is 0 Å². The lowest BCUT2D eigenvalue weighted by Crippen LogP contribution is -2.06. The largest absolute Gasteiger partial charge is 0.481 e. The van der Waals surface area contributed by atoms with Crippen molar-refractivity contribution >= 4 is 22.4 Å². The Bertz CT molecular complexity index is 571. The van der Waals surface area contributed by atoms with Gasteiger partial charge in [0.1, 0.15) is 5.82 Å². The van der Waals surface area contributed by atoms with E-state index in [0.29, 0.717) is 29.4 Å². The topological polar surface area (TPSA) is 62.2 Å². The third-order valence-electron chi connectivity index (χ3n) is 2.51. The van der Waals surface area contributed by atoms with Crippen LogP contribution in [0.5, 0.6) is 0 Å². The summed E-state index contributed by atoms with van der Waals surface area (Å²) in [5.41, 5.74) is 1.18. The normalized spacial score (nSPS) is 10.4. The first kappa shape index (κ1) is 13.5. The number of aromatic nitrogens is 1. The molecule has 0 saturated carbocycles. The lowest BCUT2D eigenvalue weighted by molar-refractivity contribution is -0.136. The molecule has 0 spiro atoms. The summed E-state index contributed by atoms with van der Waals surface area (Å²) in [7, 11) is 0. The molecule has 0 amide bonds. The summed E-state index contributed by atoms with van der Waals surface area (Å²) >= 11 is 1.35.